The zero-order chi connectivity index (χ0) is 15.5. The highest BCUT2D eigenvalue weighted by Crippen LogP contribution is 2.23. The van der Waals surface area contributed by atoms with Crippen LogP contribution < -0.4 is 10.0 Å². The van der Waals surface area contributed by atoms with Crippen LogP contribution in [0.25, 0.3) is 0 Å². The van der Waals surface area contributed by atoms with Crippen LogP contribution in [0.15, 0.2) is 41.6 Å². The lowest BCUT2D eigenvalue weighted by molar-refractivity contribution is 0.598. The summed E-state index contributed by atoms with van der Waals surface area (Å²) in [7, 11) is -2.15. The standard InChI is InChI=1S/C13H13ClFN3O2S/c1-16-7-9-2-3-10(6-11(9)14)21(19,20)18-13-4-5-17-8-12(13)15/h2-6,8,16H,7H2,1H3,(H,17,18). The lowest BCUT2D eigenvalue weighted by Crippen LogP contribution is -2.14. The van der Waals surface area contributed by atoms with E-state index in [0.717, 1.165) is 11.8 Å². The molecule has 2 N–H and O–H groups in total. The van der Waals surface area contributed by atoms with E-state index in [1.165, 1.54) is 24.4 Å². The summed E-state index contributed by atoms with van der Waals surface area (Å²) in [5.74, 6) is -0.751. The molecule has 0 spiro atoms. The highest BCUT2D eigenvalue weighted by atomic mass is 35.5. The van der Waals surface area contributed by atoms with E-state index >= 15 is 0 Å². The average Bonchev–Trinajstić information content (AvgIpc) is 2.43. The van der Waals surface area contributed by atoms with Gasteiger partial charge in [0.25, 0.3) is 10.0 Å². The monoisotopic (exact) mass is 329 g/mol. The SMILES string of the molecule is CNCc1ccc(S(=O)(=O)Nc2ccncc2F)cc1Cl. The molecule has 2 aromatic rings. The van der Waals surface area contributed by atoms with Gasteiger partial charge in [0.2, 0.25) is 0 Å². The van der Waals surface area contributed by atoms with Crippen LogP contribution in [0, 0.1) is 5.82 Å². The molecule has 5 nitrogen and oxygen atoms in total. The molecular formula is C13H13ClFN3O2S. The second-order valence-corrected chi connectivity index (χ2v) is 6.33. The van der Waals surface area contributed by atoms with Crippen LogP contribution in [0.2, 0.25) is 5.02 Å². The van der Waals surface area contributed by atoms with Gasteiger partial charge in [0, 0.05) is 17.8 Å². The molecule has 0 aliphatic heterocycles. The molecule has 0 atom stereocenters. The summed E-state index contributed by atoms with van der Waals surface area (Å²) < 4.78 is 40.0. The van der Waals surface area contributed by atoms with E-state index in [4.69, 9.17) is 11.6 Å². The van der Waals surface area contributed by atoms with Crippen molar-refractivity contribution in [3.63, 3.8) is 0 Å². The lowest BCUT2D eigenvalue weighted by Gasteiger charge is -2.10. The molecule has 1 aromatic carbocycles. The molecular weight excluding hydrogens is 317 g/mol. The van der Waals surface area contributed by atoms with E-state index in [-0.39, 0.29) is 10.6 Å². The minimum absolute atomic E-state index is 0.0384. The molecule has 0 amide bonds. The number of benzene rings is 1. The Morgan fingerprint density at radius 3 is 2.71 bits per heavy atom. The van der Waals surface area contributed by atoms with Gasteiger partial charge in [-0.25, -0.2) is 12.8 Å². The maximum absolute atomic E-state index is 13.5. The molecule has 1 heterocycles. The summed E-state index contributed by atoms with van der Waals surface area (Å²) in [6, 6.07) is 5.59. The van der Waals surface area contributed by atoms with Crippen molar-refractivity contribution in [2.24, 2.45) is 0 Å². The molecule has 0 radical (unpaired) electrons. The van der Waals surface area contributed by atoms with Crippen LogP contribution in [0.4, 0.5) is 10.1 Å². The highest BCUT2D eigenvalue weighted by molar-refractivity contribution is 7.92. The number of anilines is 1. The van der Waals surface area contributed by atoms with Gasteiger partial charge in [-0.05, 0) is 30.8 Å². The first-order chi connectivity index (χ1) is 9.94. The summed E-state index contributed by atoms with van der Waals surface area (Å²) in [6.45, 7) is 0.519. The smallest absolute Gasteiger partial charge is 0.262 e. The fourth-order valence-electron chi connectivity index (χ4n) is 1.69. The predicted octanol–water partition coefficient (Wildman–Crippen LogP) is 2.39. The van der Waals surface area contributed by atoms with Gasteiger partial charge in [-0.1, -0.05) is 17.7 Å². The molecule has 8 heteroatoms. The number of halogens is 2. The topological polar surface area (TPSA) is 71.1 Å². The molecule has 0 saturated heterocycles. The number of hydrogen-bond acceptors (Lipinski definition) is 4. The number of sulfonamides is 1. The van der Waals surface area contributed by atoms with Crippen LogP contribution in [0.1, 0.15) is 5.56 Å². The van der Waals surface area contributed by atoms with Crippen molar-refractivity contribution in [1.82, 2.24) is 10.3 Å². The van der Waals surface area contributed by atoms with Crippen LogP contribution in [-0.4, -0.2) is 20.4 Å². The Bertz CT molecular complexity index is 753. The lowest BCUT2D eigenvalue weighted by atomic mass is 10.2. The van der Waals surface area contributed by atoms with Crippen LogP contribution in [0.3, 0.4) is 0 Å². The van der Waals surface area contributed by atoms with Crippen molar-refractivity contribution in [3.8, 4) is 0 Å². The second-order valence-electron chi connectivity index (χ2n) is 4.24. The van der Waals surface area contributed by atoms with Crippen LogP contribution in [-0.2, 0) is 16.6 Å². The van der Waals surface area contributed by atoms with Gasteiger partial charge in [-0.2, -0.15) is 0 Å². The van der Waals surface area contributed by atoms with E-state index in [0.29, 0.717) is 11.6 Å². The van der Waals surface area contributed by atoms with Crippen molar-refractivity contribution in [2.45, 2.75) is 11.4 Å². The predicted molar refractivity (Wildman–Crippen MR) is 79.2 cm³/mol. The largest absolute Gasteiger partial charge is 0.316 e. The molecule has 0 fully saturated rings. The zero-order valence-corrected chi connectivity index (χ0v) is 12.7. The molecule has 0 saturated carbocycles. The normalized spacial score (nSPS) is 11.4. The molecule has 2 rings (SSSR count). The van der Waals surface area contributed by atoms with E-state index in [9.17, 15) is 12.8 Å². The van der Waals surface area contributed by atoms with Gasteiger partial charge >= 0.3 is 0 Å². The summed E-state index contributed by atoms with van der Waals surface area (Å²) in [4.78, 5) is 3.52. The minimum Gasteiger partial charge on any atom is -0.316 e. The fraction of sp³-hybridized carbons (Fsp3) is 0.154. The Hall–Kier alpha value is -1.70. The first-order valence-corrected chi connectivity index (χ1v) is 7.85. The molecule has 112 valence electrons. The fourth-order valence-corrected chi connectivity index (χ4v) is 3.10. The molecule has 0 aliphatic rings. The Labute approximate surface area is 127 Å². The number of nitrogens with one attached hydrogen (secondary N) is 2. The van der Waals surface area contributed by atoms with Crippen LogP contribution >= 0.6 is 11.6 Å². The third kappa shape index (κ3) is 3.69. The first kappa shape index (κ1) is 15.7. The molecule has 0 bridgehead atoms. The van der Waals surface area contributed by atoms with Gasteiger partial charge in [0.1, 0.15) is 0 Å². The van der Waals surface area contributed by atoms with Crippen LogP contribution in [0.5, 0.6) is 0 Å². The van der Waals surface area contributed by atoms with Crippen molar-refractivity contribution in [3.05, 3.63) is 53.1 Å². The van der Waals surface area contributed by atoms with E-state index in [1.54, 1.807) is 13.1 Å². The number of pyridine rings is 1. The highest BCUT2D eigenvalue weighted by Gasteiger charge is 2.17. The minimum atomic E-state index is -3.91. The molecule has 0 unspecified atom stereocenters. The number of nitrogens with zero attached hydrogens (tertiary/aromatic N) is 1. The maximum atomic E-state index is 13.5. The number of aromatic nitrogens is 1. The summed E-state index contributed by atoms with van der Waals surface area (Å²) in [5.41, 5.74) is 0.605. The van der Waals surface area contributed by atoms with Crippen molar-refractivity contribution >= 4 is 27.3 Å². The third-order valence-electron chi connectivity index (χ3n) is 2.72. The number of rotatable bonds is 5. The Balaban J connectivity index is 2.32. The Morgan fingerprint density at radius 1 is 1.33 bits per heavy atom. The van der Waals surface area contributed by atoms with E-state index in [2.05, 4.69) is 15.0 Å². The molecule has 21 heavy (non-hydrogen) atoms. The summed E-state index contributed by atoms with van der Waals surface area (Å²) in [6.07, 6.45) is 2.23. The summed E-state index contributed by atoms with van der Waals surface area (Å²) >= 11 is 6.03. The zero-order valence-electron chi connectivity index (χ0n) is 11.1. The third-order valence-corrected chi connectivity index (χ3v) is 4.43. The van der Waals surface area contributed by atoms with E-state index < -0.39 is 15.8 Å². The van der Waals surface area contributed by atoms with Crippen molar-refractivity contribution in [1.29, 1.82) is 0 Å². The molecule has 0 aliphatic carbocycles. The van der Waals surface area contributed by atoms with Gasteiger partial charge in [-0.15, -0.1) is 0 Å². The maximum Gasteiger partial charge on any atom is 0.262 e. The van der Waals surface area contributed by atoms with Crippen molar-refractivity contribution in [2.75, 3.05) is 11.8 Å². The van der Waals surface area contributed by atoms with Gasteiger partial charge in [0.15, 0.2) is 5.82 Å². The van der Waals surface area contributed by atoms with E-state index in [1.807, 2.05) is 0 Å². The average molecular weight is 330 g/mol. The van der Waals surface area contributed by atoms with Crippen molar-refractivity contribution < 1.29 is 12.8 Å². The van der Waals surface area contributed by atoms with Gasteiger partial charge in [-0.3, -0.25) is 9.71 Å². The second kappa shape index (κ2) is 6.38. The Kier molecular flexibility index (Phi) is 4.76. The van der Waals surface area contributed by atoms with Gasteiger partial charge < -0.3 is 5.32 Å². The summed E-state index contributed by atoms with van der Waals surface area (Å²) in [5, 5.41) is 3.25. The Morgan fingerprint density at radius 2 is 2.10 bits per heavy atom. The quantitative estimate of drug-likeness (QED) is 0.883. The molecule has 1 aromatic heterocycles. The first-order valence-electron chi connectivity index (χ1n) is 5.99. The number of hydrogen-bond donors (Lipinski definition) is 2. The van der Waals surface area contributed by atoms with Gasteiger partial charge in [0.05, 0.1) is 16.8 Å².